The Morgan fingerprint density at radius 2 is 2.03 bits per heavy atom. The molecule has 0 spiro atoms. The summed E-state index contributed by atoms with van der Waals surface area (Å²) in [7, 11) is 1.52. The molecule has 0 aliphatic carbocycles. The Balaban J connectivity index is 1.51. The number of hydrogen-bond acceptors (Lipinski definition) is 7. The highest BCUT2D eigenvalue weighted by molar-refractivity contribution is 5.62. The standard InChI is InChI=1S/C21H20N6O4/c1-26-20(29)18(8-17(25-26)16-10-23-21(30)24-19(16)28)27-7-6-15(11-27)31-12-14-4-2-13(9-22)3-5-14/h2-5,8,10,15H,6-7,11-12H2,1H3,(H2,23,24,28,30). The average molecular weight is 420 g/mol. The predicted molar refractivity (Wildman–Crippen MR) is 113 cm³/mol. The zero-order valence-electron chi connectivity index (χ0n) is 16.8. The molecular weight excluding hydrogens is 400 g/mol. The van der Waals surface area contributed by atoms with E-state index in [1.807, 2.05) is 17.0 Å². The maximum atomic E-state index is 12.7. The summed E-state index contributed by atoms with van der Waals surface area (Å²) in [4.78, 5) is 42.6. The molecule has 158 valence electrons. The van der Waals surface area contributed by atoms with E-state index in [1.54, 1.807) is 18.2 Å². The molecule has 0 bridgehead atoms. The molecule has 1 unspecified atom stereocenters. The summed E-state index contributed by atoms with van der Waals surface area (Å²) in [5, 5.41) is 13.0. The van der Waals surface area contributed by atoms with Crippen LogP contribution in [0.1, 0.15) is 17.5 Å². The Morgan fingerprint density at radius 1 is 1.26 bits per heavy atom. The first-order valence-corrected chi connectivity index (χ1v) is 9.71. The van der Waals surface area contributed by atoms with Crippen LogP contribution in [0.5, 0.6) is 0 Å². The van der Waals surface area contributed by atoms with Crippen LogP contribution in [0.25, 0.3) is 11.3 Å². The third-order valence-corrected chi connectivity index (χ3v) is 5.19. The highest BCUT2D eigenvalue weighted by atomic mass is 16.5. The molecule has 10 heteroatoms. The van der Waals surface area contributed by atoms with Crippen LogP contribution in [0.4, 0.5) is 5.69 Å². The van der Waals surface area contributed by atoms with Gasteiger partial charge in [-0.05, 0) is 30.2 Å². The first-order valence-electron chi connectivity index (χ1n) is 9.71. The van der Waals surface area contributed by atoms with E-state index in [1.165, 1.54) is 17.9 Å². The maximum Gasteiger partial charge on any atom is 0.325 e. The second-order valence-electron chi connectivity index (χ2n) is 7.31. The minimum Gasteiger partial charge on any atom is -0.372 e. The highest BCUT2D eigenvalue weighted by Crippen LogP contribution is 2.22. The van der Waals surface area contributed by atoms with Crippen molar-refractivity contribution < 1.29 is 4.74 Å². The molecule has 1 atom stereocenters. The molecule has 1 aromatic carbocycles. The number of benzene rings is 1. The number of anilines is 1. The van der Waals surface area contributed by atoms with E-state index in [9.17, 15) is 14.4 Å². The number of rotatable bonds is 5. The van der Waals surface area contributed by atoms with Gasteiger partial charge in [-0.1, -0.05) is 12.1 Å². The summed E-state index contributed by atoms with van der Waals surface area (Å²) >= 11 is 0. The Bertz CT molecular complexity index is 1320. The van der Waals surface area contributed by atoms with Crippen LogP contribution in [0.2, 0.25) is 0 Å². The molecule has 3 heterocycles. The number of aryl methyl sites for hydroxylation is 1. The van der Waals surface area contributed by atoms with Gasteiger partial charge >= 0.3 is 5.69 Å². The lowest BCUT2D eigenvalue weighted by Crippen LogP contribution is -2.32. The maximum absolute atomic E-state index is 12.7. The third-order valence-electron chi connectivity index (χ3n) is 5.19. The number of aromatic nitrogens is 4. The summed E-state index contributed by atoms with van der Waals surface area (Å²) < 4.78 is 7.17. The van der Waals surface area contributed by atoms with Crippen LogP contribution in [0.15, 0.2) is 50.9 Å². The van der Waals surface area contributed by atoms with E-state index >= 15 is 0 Å². The van der Waals surface area contributed by atoms with Crippen molar-refractivity contribution >= 4 is 5.69 Å². The minimum atomic E-state index is -0.611. The fraction of sp³-hybridized carbons (Fsp3) is 0.286. The van der Waals surface area contributed by atoms with Crippen LogP contribution in [-0.4, -0.2) is 38.9 Å². The van der Waals surface area contributed by atoms with Gasteiger partial charge in [0.25, 0.3) is 11.1 Å². The third kappa shape index (κ3) is 4.31. The van der Waals surface area contributed by atoms with Crippen molar-refractivity contribution in [3.8, 4) is 17.3 Å². The van der Waals surface area contributed by atoms with Crippen molar-refractivity contribution in [3.63, 3.8) is 0 Å². The van der Waals surface area contributed by atoms with Crippen molar-refractivity contribution in [1.29, 1.82) is 5.26 Å². The predicted octanol–water partition coefficient (Wildman–Crippen LogP) is 0.491. The van der Waals surface area contributed by atoms with E-state index in [-0.39, 0.29) is 22.9 Å². The van der Waals surface area contributed by atoms with Crippen LogP contribution in [0.3, 0.4) is 0 Å². The van der Waals surface area contributed by atoms with Gasteiger partial charge in [0, 0.05) is 26.3 Å². The molecule has 1 fully saturated rings. The molecule has 0 saturated carbocycles. The Labute approximate surface area is 176 Å². The van der Waals surface area contributed by atoms with Gasteiger partial charge < -0.3 is 14.6 Å². The Kier molecular flexibility index (Phi) is 5.51. The molecule has 31 heavy (non-hydrogen) atoms. The van der Waals surface area contributed by atoms with Crippen molar-refractivity contribution in [3.05, 3.63) is 78.8 Å². The average Bonchev–Trinajstić information content (AvgIpc) is 3.23. The van der Waals surface area contributed by atoms with E-state index in [2.05, 4.69) is 21.1 Å². The molecule has 0 radical (unpaired) electrons. The Morgan fingerprint density at radius 3 is 2.74 bits per heavy atom. The van der Waals surface area contributed by atoms with Crippen LogP contribution in [-0.2, 0) is 18.4 Å². The normalized spacial score (nSPS) is 15.7. The van der Waals surface area contributed by atoms with Gasteiger partial charge in [-0.15, -0.1) is 0 Å². The number of nitrogens with zero attached hydrogens (tertiary/aromatic N) is 4. The van der Waals surface area contributed by atoms with Gasteiger partial charge in [-0.25, -0.2) is 9.48 Å². The number of H-pyrrole nitrogens is 2. The SMILES string of the molecule is Cn1nc(-c2c[nH]c(=O)[nH]c2=O)cc(N2CCC(OCc3ccc(C#N)cc3)C2)c1=O. The zero-order valence-corrected chi connectivity index (χ0v) is 16.8. The molecular formula is C21H20N6O4. The first kappa shape index (κ1) is 20.3. The smallest absolute Gasteiger partial charge is 0.325 e. The van der Waals surface area contributed by atoms with Crippen molar-refractivity contribution in [2.24, 2.45) is 7.05 Å². The number of hydrogen-bond donors (Lipinski definition) is 2. The molecule has 10 nitrogen and oxygen atoms in total. The van der Waals surface area contributed by atoms with Crippen molar-refractivity contribution in [2.45, 2.75) is 19.1 Å². The number of ether oxygens (including phenoxy) is 1. The monoisotopic (exact) mass is 420 g/mol. The van der Waals surface area contributed by atoms with Gasteiger partial charge in [-0.3, -0.25) is 14.6 Å². The highest BCUT2D eigenvalue weighted by Gasteiger charge is 2.26. The van der Waals surface area contributed by atoms with E-state index in [0.29, 0.717) is 30.9 Å². The number of nitriles is 1. The van der Waals surface area contributed by atoms with Crippen LogP contribution < -0.4 is 21.7 Å². The first-order chi connectivity index (χ1) is 14.9. The molecule has 2 N–H and O–H groups in total. The zero-order chi connectivity index (χ0) is 22.0. The van der Waals surface area contributed by atoms with Gasteiger partial charge in [0.1, 0.15) is 11.4 Å². The second-order valence-corrected chi connectivity index (χ2v) is 7.31. The Hall–Kier alpha value is -3.97. The fourth-order valence-corrected chi connectivity index (χ4v) is 3.52. The quantitative estimate of drug-likeness (QED) is 0.613. The van der Waals surface area contributed by atoms with Gasteiger partial charge in [0.2, 0.25) is 0 Å². The summed E-state index contributed by atoms with van der Waals surface area (Å²) in [5.74, 6) is 0. The lowest BCUT2D eigenvalue weighted by molar-refractivity contribution is 0.0553. The van der Waals surface area contributed by atoms with Crippen LogP contribution >= 0.6 is 0 Å². The van der Waals surface area contributed by atoms with E-state index in [4.69, 9.17) is 10.00 Å². The largest absolute Gasteiger partial charge is 0.372 e. The number of aromatic amines is 2. The molecule has 2 aromatic heterocycles. The van der Waals surface area contributed by atoms with Gasteiger partial charge in [-0.2, -0.15) is 10.4 Å². The molecule has 0 amide bonds. The van der Waals surface area contributed by atoms with E-state index < -0.39 is 11.2 Å². The second kappa shape index (κ2) is 8.41. The van der Waals surface area contributed by atoms with E-state index in [0.717, 1.165) is 12.0 Å². The molecule has 1 aliphatic rings. The lowest BCUT2D eigenvalue weighted by Gasteiger charge is -2.19. The summed E-state index contributed by atoms with van der Waals surface area (Å²) in [6.45, 7) is 1.56. The molecule has 4 rings (SSSR count). The minimum absolute atomic E-state index is 0.0616. The van der Waals surface area contributed by atoms with Gasteiger partial charge in [0.15, 0.2) is 0 Å². The molecule has 1 saturated heterocycles. The summed E-state index contributed by atoms with van der Waals surface area (Å²) in [6, 6.07) is 10.9. The fourth-order valence-electron chi connectivity index (χ4n) is 3.52. The lowest BCUT2D eigenvalue weighted by atomic mass is 10.1. The summed E-state index contributed by atoms with van der Waals surface area (Å²) in [5.41, 5.74) is 0.977. The summed E-state index contributed by atoms with van der Waals surface area (Å²) in [6.07, 6.45) is 1.97. The number of nitrogens with one attached hydrogen (secondary N) is 2. The van der Waals surface area contributed by atoms with Crippen LogP contribution in [0, 0.1) is 11.3 Å². The van der Waals surface area contributed by atoms with Gasteiger partial charge in [0.05, 0.1) is 29.9 Å². The molecule has 1 aliphatic heterocycles. The molecule has 3 aromatic rings. The topological polar surface area (TPSA) is 137 Å². The van der Waals surface area contributed by atoms with Crippen molar-refractivity contribution in [1.82, 2.24) is 19.7 Å². The van der Waals surface area contributed by atoms with Crippen molar-refractivity contribution in [2.75, 3.05) is 18.0 Å².